The van der Waals surface area contributed by atoms with Crippen LogP contribution in [0.25, 0.3) is 0 Å². The number of halogens is 4. The van der Waals surface area contributed by atoms with Gasteiger partial charge in [-0.25, -0.2) is 8.78 Å². The lowest BCUT2D eigenvalue weighted by Gasteiger charge is -2.18. The molecule has 0 saturated carbocycles. The van der Waals surface area contributed by atoms with E-state index in [-0.39, 0.29) is 0 Å². The Morgan fingerprint density at radius 1 is 1.00 bits per heavy atom. The van der Waals surface area contributed by atoms with Crippen LogP contribution in [0, 0.1) is 18.6 Å². The van der Waals surface area contributed by atoms with Crippen LogP contribution in [0.15, 0.2) is 42.5 Å². The van der Waals surface area contributed by atoms with Gasteiger partial charge in [0.1, 0.15) is 5.82 Å². The van der Waals surface area contributed by atoms with Crippen molar-refractivity contribution < 1.29 is 22.3 Å². The van der Waals surface area contributed by atoms with Crippen LogP contribution in [0.1, 0.15) is 11.1 Å². The van der Waals surface area contributed by atoms with Crippen molar-refractivity contribution in [1.82, 2.24) is 0 Å². The van der Waals surface area contributed by atoms with Gasteiger partial charge in [-0.15, -0.1) is 0 Å². The molecule has 2 rings (SSSR count). The molecule has 0 unspecified atom stereocenters. The first kappa shape index (κ1) is 13.4. The summed E-state index contributed by atoms with van der Waals surface area (Å²) in [5.74, 6) is -2.29. The van der Waals surface area contributed by atoms with Gasteiger partial charge in [0.05, 0.1) is 5.56 Å². The molecule has 0 bridgehead atoms. The number of hydrogen-bond acceptors (Lipinski definition) is 1. The van der Waals surface area contributed by atoms with Crippen LogP contribution in [0.3, 0.4) is 0 Å². The lowest BCUT2D eigenvalue weighted by atomic mass is 10.2. The lowest BCUT2D eigenvalue weighted by Crippen LogP contribution is -2.22. The van der Waals surface area contributed by atoms with E-state index in [4.69, 9.17) is 0 Å². The van der Waals surface area contributed by atoms with Crippen molar-refractivity contribution >= 4 is 0 Å². The smallest absolute Gasteiger partial charge is 0.426 e. The van der Waals surface area contributed by atoms with Crippen LogP contribution < -0.4 is 4.74 Å². The minimum Gasteiger partial charge on any atom is -0.426 e. The highest BCUT2D eigenvalue weighted by Gasteiger charge is 2.35. The fraction of sp³-hybridized carbons (Fsp3) is 0.143. The first-order valence-electron chi connectivity index (χ1n) is 5.47. The molecule has 0 aliphatic rings. The standard InChI is InChI=1S/C14H10F4O/c1-9-5-6-13(12(16)7-9)19-14(17,18)10-3-2-4-11(15)8-10/h2-8H,1H3. The second kappa shape index (κ2) is 4.91. The summed E-state index contributed by atoms with van der Waals surface area (Å²) >= 11 is 0. The van der Waals surface area contributed by atoms with Crippen molar-refractivity contribution in [2.75, 3.05) is 0 Å². The molecule has 0 aliphatic heterocycles. The van der Waals surface area contributed by atoms with Gasteiger partial charge in [0.2, 0.25) is 0 Å². The summed E-state index contributed by atoms with van der Waals surface area (Å²) in [6, 6.07) is 7.45. The normalized spacial score (nSPS) is 11.4. The number of rotatable bonds is 3. The molecule has 0 saturated heterocycles. The SMILES string of the molecule is Cc1ccc(OC(F)(F)c2cccc(F)c2)c(F)c1. The Labute approximate surface area is 107 Å². The highest BCUT2D eigenvalue weighted by atomic mass is 19.3. The van der Waals surface area contributed by atoms with Gasteiger partial charge >= 0.3 is 6.11 Å². The summed E-state index contributed by atoms with van der Waals surface area (Å²) in [7, 11) is 0. The van der Waals surface area contributed by atoms with Gasteiger partial charge in [-0.3, -0.25) is 0 Å². The zero-order valence-electron chi connectivity index (χ0n) is 9.96. The van der Waals surface area contributed by atoms with Crippen LogP contribution in [0.5, 0.6) is 5.75 Å². The summed E-state index contributed by atoms with van der Waals surface area (Å²) in [6.45, 7) is 1.62. The average molecular weight is 270 g/mol. The first-order valence-corrected chi connectivity index (χ1v) is 5.47. The second-order valence-electron chi connectivity index (χ2n) is 4.06. The van der Waals surface area contributed by atoms with Crippen LogP contribution in [0.2, 0.25) is 0 Å². The summed E-state index contributed by atoms with van der Waals surface area (Å²) < 4.78 is 58.2. The van der Waals surface area contributed by atoms with E-state index < -0.39 is 29.1 Å². The molecule has 5 heteroatoms. The summed E-state index contributed by atoms with van der Waals surface area (Å²) in [4.78, 5) is 0. The third kappa shape index (κ3) is 3.05. The molecular weight excluding hydrogens is 260 g/mol. The third-order valence-electron chi connectivity index (χ3n) is 2.49. The maximum Gasteiger partial charge on any atom is 0.426 e. The van der Waals surface area contributed by atoms with E-state index >= 15 is 0 Å². The number of ether oxygens (including phenoxy) is 1. The van der Waals surface area contributed by atoms with Crippen molar-refractivity contribution in [1.29, 1.82) is 0 Å². The quantitative estimate of drug-likeness (QED) is 0.751. The molecule has 0 amide bonds. The van der Waals surface area contributed by atoms with E-state index in [1.54, 1.807) is 6.92 Å². The Morgan fingerprint density at radius 3 is 2.37 bits per heavy atom. The fourth-order valence-electron chi connectivity index (χ4n) is 1.56. The van der Waals surface area contributed by atoms with Crippen molar-refractivity contribution in [3.63, 3.8) is 0 Å². The number of benzene rings is 2. The highest BCUT2D eigenvalue weighted by Crippen LogP contribution is 2.33. The summed E-state index contributed by atoms with van der Waals surface area (Å²) in [6.07, 6.45) is -3.81. The Balaban J connectivity index is 2.30. The van der Waals surface area contributed by atoms with Crippen molar-refractivity contribution in [3.8, 4) is 5.75 Å². The molecule has 0 heterocycles. The van der Waals surface area contributed by atoms with Crippen molar-refractivity contribution in [2.45, 2.75) is 13.0 Å². The molecule has 0 fully saturated rings. The Bertz CT molecular complexity index is 596. The molecule has 0 radical (unpaired) electrons. The Morgan fingerprint density at radius 2 is 1.74 bits per heavy atom. The molecule has 19 heavy (non-hydrogen) atoms. The molecule has 0 atom stereocenters. The van der Waals surface area contributed by atoms with Crippen LogP contribution in [-0.4, -0.2) is 0 Å². The number of aryl methyl sites for hydroxylation is 1. The van der Waals surface area contributed by atoms with Crippen LogP contribution in [0.4, 0.5) is 17.6 Å². The first-order chi connectivity index (χ1) is 8.88. The minimum atomic E-state index is -3.81. The Hall–Kier alpha value is -2.04. The van der Waals surface area contributed by atoms with Crippen molar-refractivity contribution in [2.24, 2.45) is 0 Å². The molecule has 1 nitrogen and oxygen atoms in total. The van der Waals surface area contributed by atoms with Gasteiger partial charge in [-0.1, -0.05) is 12.1 Å². The largest absolute Gasteiger partial charge is 0.426 e. The molecule has 0 spiro atoms. The van der Waals surface area contributed by atoms with E-state index in [1.807, 2.05) is 0 Å². The van der Waals surface area contributed by atoms with Gasteiger partial charge in [-0.2, -0.15) is 8.78 Å². The van der Waals surface area contributed by atoms with Gasteiger partial charge in [-0.05, 0) is 42.8 Å². The van der Waals surface area contributed by atoms with E-state index in [0.717, 1.165) is 30.3 Å². The average Bonchev–Trinajstić information content (AvgIpc) is 2.33. The Kier molecular flexibility index (Phi) is 3.46. The van der Waals surface area contributed by atoms with E-state index in [2.05, 4.69) is 4.74 Å². The van der Waals surface area contributed by atoms with E-state index in [1.165, 1.54) is 6.07 Å². The lowest BCUT2D eigenvalue weighted by molar-refractivity contribution is -0.187. The predicted octanol–water partition coefficient (Wildman–Crippen LogP) is 4.40. The molecule has 2 aromatic rings. The second-order valence-corrected chi connectivity index (χ2v) is 4.06. The molecule has 0 aliphatic carbocycles. The minimum absolute atomic E-state index is 0.582. The number of hydrogen-bond donors (Lipinski definition) is 0. The zero-order valence-corrected chi connectivity index (χ0v) is 9.96. The van der Waals surface area contributed by atoms with E-state index in [9.17, 15) is 17.6 Å². The topological polar surface area (TPSA) is 9.23 Å². The maximum absolute atomic E-state index is 13.7. The van der Waals surface area contributed by atoms with E-state index in [0.29, 0.717) is 11.6 Å². The highest BCUT2D eigenvalue weighted by molar-refractivity contribution is 5.30. The third-order valence-corrected chi connectivity index (χ3v) is 2.49. The number of alkyl halides is 2. The van der Waals surface area contributed by atoms with Crippen LogP contribution in [-0.2, 0) is 6.11 Å². The molecule has 2 aromatic carbocycles. The van der Waals surface area contributed by atoms with Gasteiger partial charge in [0.15, 0.2) is 11.6 Å². The fourth-order valence-corrected chi connectivity index (χ4v) is 1.56. The molecule has 0 aromatic heterocycles. The summed E-state index contributed by atoms with van der Waals surface area (Å²) in [5, 5.41) is 0. The van der Waals surface area contributed by atoms with Gasteiger partial charge < -0.3 is 4.74 Å². The molecular formula is C14H10F4O. The molecule has 0 N–H and O–H groups in total. The van der Waals surface area contributed by atoms with Crippen molar-refractivity contribution in [3.05, 3.63) is 65.2 Å². The van der Waals surface area contributed by atoms with Gasteiger partial charge in [0.25, 0.3) is 0 Å². The van der Waals surface area contributed by atoms with Gasteiger partial charge in [0, 0.05) is 0 Å². The summed E-state index contributed by atoms with van der Waals surface area (Å²) in [5.41, 5.74) is -0.0913. The monoisotopic (exact) mass is 270 g/mol. The maximum atomic E-state index is 13.7. The van der Waals surface area contributed by atoms with Crippen LogP contribution >= 0.6 is 0 Å². The molecule has 100 valence electrons. The predicted molar refractivity (Wildman–Crippen MR) is 62.1 cm³/mol. The zero-order chi connectivity index (χ0) is 14.0.